The molecule has 5 nitrogen and oxygen atoms in total. The first-order chi connectivity index (χ1) is 5.89. The second-order valence-electron chi connectivity index (χ2n) is 3.30. The molecule has 13 heavy (non-hydrogen) atoms. The van der Waals surface area contributed by atoms with Crippen LogP contribution in [0.25, 0.3) is 0 Å². The molecule has 0 saturated heterocycles. The van der Waals surface area contributed by atoms with Gasteiger partial charge in [-0.25, -0.2) is 14.0 Å². The average Bonchev–Trinajstić information content (AvgIpc) is 1.97. The molecule has 0 atom stereocenters. The van der Waals surface area contributed by atoms with Gasteiger partial charge in [-0.05, 0) is 42.3 Å². The summed E-state index contributed by atoms with van der Waals surface area (Å²) in [4.78, 5) is 0. The summed E-state index contributed by atoms with van der Waals surface area (Å²) in [6.07, 6.45) is 0. The highest BCUT2D eigenvalue weighted by atomic mass is 31.2. The van der Waals surface area contributed by atoms with Crippen LogP contribution in [0.3, 0.4) is 0 Å². The topological polar surface area (TPSA) is 40.8 Å². The van der Waals surface area contributed by atoms with Crippen LogP contribution in [0, 0.1) is 0 Å². The van der Waals surface area contributed by atoms with Crippen molar-refractivity contribution < 1.29 is 9.08 Å². The second kappa shape index (κ2) is 5.18. The van der Waals surface area contributed by atoms with Crippen LogP contribution < -0.4 is 4.52 Å². The SMILES string of the molecule is CN(C)P(=[NH+]P=O)(N(C)C)N(C)C. The lowest BCUT2D eigenvalue weighted by molar-refractivity contribution is -0.249. The largest absolute Gasteiger partial charge is 0.507 e. The van der Waals surface area contributed by atoms with Crippen molar-refractivity contribution in [2.45, 2.75) is 0 Å². The molecule has 0 aliphatic rings. The third-order valence-corrected chi connectivity index (χ3v) is 6.59. The molecule has 0 aromatic heterocycles. The molecule has 0 aliphatic heterocycles. The Morgan fingerprint density at radius 3 is 1.31 bits per heavy atom. The summed E-state index contributed by atoms with van der Waals surface area (Å²) in [5, 5.41) is 0. The quantitative estimate of drug-likeness (QED) is 0.679. The van der Waals surface area contributed by atoms with E-state index in [9.17, 15) is 4.57 Å². The lowest BCUT2D eigenvalue weighted by atomic mass is 11.2. The first-order valence-corrected chi connectivity index (χ1v) is 6.37. The molecule has 0 aliphatic carbocycles. The average molecular weight is 225 g/mol. The van der Waals surface area contributed by atoms with Crippen molar-refractivity contribution in [1.82, 2.24) is 14.0 Å². The summed E-state index contributed by atoms with van der Waals surface area (Å²) in [5.74, 6) is 0. The van der Waals surface area contributed by atoms with Crippen molar-refractivity contribution in [2.75, 3.05) is 42.3 Å². The van der Waals surface area contributed by atoms with Crippen LogP contribution in [0.15, 0.2) is 0 Å². The molecule has 0 heterocycles. The van der Waals surface area contributed by atoms with Gasteiger partial charge in [-0.3, -0.25) is 0 Å². The number of nitrogens with one attached hydrogen (secondary N) is 1. The molecule has 0 bridgehead atoms. The van der Waals surface area contributed by atoms with Gasteiger partial charge in [0.25, 0.3) is 0 Å². The van der Waals surface area contributed by atoms with E-state index >= 15 is 0 Å². The van der Waals surface area contributed by atoms with Crippen LogP contribution in [0.2, 0.25) is 0 Å². The van der Waals surface area contributed by atoms with E-state index in [1.165, 1.54) is 0 Å². The maximum absolute atomic E-state index is 10.7. The molecule has 0 aromatic rings. The van der Waals surface area contributed by atoms with Gasteiger partial charge in [-0.2, -0.15) is 4.57 Å². The van der Waals surface area contributed by atoms with E-state index in [1.807, 2.05) is 42.3 Å². The van der Waals surface area contributed by atoms with Crippen LogP contribution in [-0.2, 0) is 4.57 Å². The van der Waals surface area contributed by atoms with Gasteiger partial charge in [-0.1, -0.05) is 0 Å². The molecule has 0 fully saturated rings. The third-order valence-electron chi connectivity index (χ3n) is 1.85. The fourth-order valence-corrected chi connectivity index (χ4v) is 6.13. The van der Waals surface area contributed by atoms with E-state index in [1.54, 1.807) is 0 Å². The highest BCUT2D eigenvalue weighted by Crippen LogP contribution is 2.47. The lowest BCUT2D eigenvalue weighted by Gasteiger charge is -2.33. The van der Waals surface area contributed by atoms with E-state index in [0.717, 1.165) is 0 Å². The smallest absolute Gasteiger partial charge is 0.215 e. The minimum atomic E-state index is -1.79. The molecular formula is C6H19N4OP2+. The summed E-state index contributed by atoms with van der Waals surface area (Å²) in [6, 6.07) is 0. The molecule has 0 spiro atoms. The van der Waals surface area contributed by atoms with Gasteiger partial charge >= 0.3 is 16.1 Å². The van der Waals surface area contributed by atoms with Crippen LogP contribution in [0.4, 0.5) is 0 Å². The van der Waals surface area contributed by atoms with E-state index in [2.05, 4.69) is 18.5 Å². The van der Waals surface area contributed by atoms with Crippen molar-refractivity contribution in [3.8, 4) is 0 Å². The fraction of sp³-hybridized carbons (Fsp3) is 1.00. The van der Waals surface area contributed by atoms with Crippen LogP contribution in [0.5, 0.6) is 0 Å². The van der Waals surface area contributed by atoms with Crippen molar-refractivity contribution in [3.63, 3.8) is 0 Å². The summed E-state index contributed by atoms with van der Waals surface area (Å²) in [5.41, 5.74) is 0. The molecule has 78 valence electrons. The first-order valence-electron chi connectivity index (χ1n) is 3.91. The second-order valence-corrected chi connectivity index (χ2v) is 7.82. The zero-order chi connectivity index (χ0) is 10.6. The molecule has 0 unspecified atom stereocenters. The molecule has 7 heteroatoms. The van der Waals surface area contributed by atoms with E-state index in [4.69, 9.17) is 0 Å². The van der Waals surface area contributed by atoms with Crippen LogP contribution in [-0.4, -0.2) is 56.3 Å². The van der Waals surface area contributed by atoms with Gasteiger partial charge in [0, 0.05) is 0 Å². The third kappa shape index (κ3) is 2.58. The maximum atomic E-state index is 10.7. The standard InChI is InChI=1S/C6H18N4OP2/c1-8(2)13(7-12-11,9(3)4)10(5)6/h1-6H3/p+1. The first kappa shape index (κ1) is 13.2. The lowest BCUT2D eigenvalue weighted by Crippen LogP contribution is -2.61. The van der Waals surface area contributed by atoms with E-state index in [-0.39, 0.29) is 8.61 Å². The number of nitrogens with zero attached hydrogens (tertiary/aromatic N) is 3. The molecule has 1 N–H and O–H groups in total. The summed E-state index contributed by atoms with van der Waals surface area (Å²) < 4.78 is 19.9. The minimum Gasteiger partial charge on any atom is -0.215 e. The van der Waals surface area contributed by atoms with Crippen molar-refractivity contribution >= 4 is 16.1 Å². The maximum Gasteiger partial charge on any atom is 0.507 e. The van der Waals surface area contributed by atoms with Gasteiger partial charge in [0.15, 0.2) is 0 Å². The van der Waals surface area contributed by atoms with Gasteiger partial charge in [0.05, 0.1) is 0 Å². The summed E-state index contributed by atoms with van der Waals surface area (Å²) in [6.45, 7) is 0. The number of hydrogen-bond acceptors (Lipinski definition) is 1. The highest BCUT2D eigenvalue weighted by Gasteiger charge is 2.35. The van der Waals surface area contributed by atoms with Crippen molar-refractivity contribution in [2.24, 2.45) is 0 Å². The monoisotopic (exact) mass is 225 g/mol. The summed E-state index contributed by atoms with van der Waals surface area (Å²) in [7, 11) is 10.0. The minimum absolute atomic E-state index is 0.0351. The highest BCUT2D eigenvalue weighted by molar-refractivity contribution is 7.57. The molecule has 0 saturated carbocycles. The zero-order valence-corrected chi connectivity index (χ0v) is 10.9. The Morgan fingerprint density at radius 2 is 1.23 bits per heavy atom. The fourth-order valence-electron chi connectivity index (χ4n) is 1.40. The normalized spacial score (nSPS) is 13.3. The van der Waals surface area contributed by atoms with Gasteiger partial charge in [-0.15, -0.1) is 4.52 Å². The predicted molar refractivity (Wildman–Crippen MR) is 56.6 cm³/mol. The van der Waals surface area contributed by atoms with Crippen LogP contribution in [0.1, 0.15) is 0 Å². The van der Waals surface area contributed by atoms with Crippen molar-refractivity contribution in [1.29, 1.82) is 0 Å². The molecule has 0 rings (SSSR count). The van der Waals surface area contributed by atoms with E-state index in [0.29, 0.717) is 0 Å². The molecule has 0 aromatic carbocycles. The Bertz CT molecular complexity index is 198. The Balaban J connectivity index is 5.32. The van der Waals surface area contributed by atoms with E-state index < -0.39 is 7.51 Å². The molecular weight excluding hydrogens is 206 g/mol. The Hall–Kier alpha value is 0.210. The predicted octanol–water partition coefficient (Wildman–Crippen LogP) is -0.0953. The number of rotatable bonds is 4. The number of hydrogen-bond donors (Lipinski definition) is 1. The Morgan fingerprint density at radius 1 is 0.923 bits per heavy atom. The van der Waals surface area contributed by atoms with Gasteiger partial charge < -0.3 is 0 Å². The van der Waals surface area contributed by atoms with Crippen molar-refractivity contribution in [3.05, 3.63) is 0 Å². The van der Waals surface area contributed by atoms with Gasteiger partial charge in [0.2, 0.25) is 0 Å². The zero-order valence-electron chi connectivity index (χ0n) is 9.14. The summed E-state index contributed by atoms with van der Waals surface area (Å²) >= 11 is 0. The Labute approximate surface area is 82.2 Å². The Kier molecular flexibility index (Phi) is 5.26. The molecule has 0 radical (unpaired) electrons. The van der Waals surface area contributed by atoms with Crippen LogP contribution >= 0.6 is 16.1 Å². The molecule has 0 amide bonds. The van der Waals surface area contributed by atoms with Gasteiger partial charge in [0.1, 0.15) is 0 Å².